The van der Waals surface area contributed by atoms with Crippen LogP contribution in [0.5, 0.6) is 5.75 Å². The topological polar surface area (TPSA) is 88.7 Å². The number of nitrogens with two attached hydrogens (primary N) is 1. The molecule has 1 aromatic rings. The fourth-order valence-corrected chi connectivity index (χ4v) is 1.85. The number of anilines is 1. The summed E-state index contributed by atoms with van der Waals surface area (Å²) in [5, 5.41) is 6.17. The molecule has 0 heterocycles. The molecular weight excluding hydrogens is 407 g/mol. The van der Waals surface area contributed by atoms with E-state index in [2.05, 4.69) is 15.6 Å². The molecule has 116 valence electrons. The van der Waals surface area contributed by atoms with Gasteiger partial charge in [0.2, 0.25) is 5.91 Å². The van der Waals surface area contributed by atoms with Gasteiger partial charge < -0.3 is 21.1 Å². The molecule has 1 aliphatic rings. The van der Waals surface area contributed by atoms with E-state index in [1.807, 2.05) is 0 Å². The van der Waals surface area contributed by atoms with Crippen LogP contribution in [0, 0.1) is 0 Å². The second-order valence-corrected chi connectivity index (χ2v) is 4.92. The standard InChI is InChI=1S/C13H17ClN4O2.HI/c1-20-11-5-4-9(6-10(11)14)18-13(15)16-7-12(19)17-8-2-3-8;/h4-6,8H,2-3,7H2,1H3,(H,17,19)(H3,15,16,18);1H. The van der Waals surface area contributed by atoms with Crippen LogP contribution < -0.4 is 21.1 Å². The third kappa shape index (κ3) is 5.96. The van der Waals surface area contributed by atoms with Gasteiger partial charge in [-0.1, -0.05) is 11.6 Å². The first-order valence-corrected chi connectivity index (χ1v) is 6.66. The first kappa shape index (κ1) is 17.8. The van der Waals surface area contributed by atoms with Crippen LogP contribution in [-0.2, 0) is 4.79 Å². The Kier molecular flexibility index (Phi) is 7.03. The number of amides is 1. The highest BCUT2D eigenvalue weighted by Gasteiger charge is 2.22. The lowest BCUT2D eigenvalue weighted by Gasteiger charge is -2.08. The van der Waals surface area contributed by atoms with E-state index in [9.17, 15) is 4.79 Å². The number of guanidine groups is 1. The summed E-state index contributed by atoms with van der Waals surface area (Å²) < 4.78 is 5.05. The van der Waals surface area contributed by atoms with Crippen molar-refractivity contribution < 1.29 is 9.53 Å². The molecule has 0 unspecified atom stereocenters. The summed E-state index contributed by atoms with van der Waals surface area (Å²) in [4.78, 5) is 15.4. The maximum absolute atomic E-state index is 11.4. The summed E-state index contributed by atoms with van der Waals surface area (Å²) in [6.45, 7) is 0.0131. The van der Waals surface area contributed by atoms with E-state index >= 15 is 0 Å². The van der Waals surface area contributed by atoms with Gasteiger partial charge in [-0.25, -0.2) is 4.99 Å². The van der Waals surface area contributed by atoms with Crippen LogP contribution in [-0.4, -0.2) is 31.6 Å². The lowest BCUT2D eigenvalue weighted by atomic mass is 10.3. The van der Waals surface area contributed by atoms with Crippen LogP contribution in [0.25, 0.3) is 0 Å². The van der Waals surface area contributed by atoms with Gasteiger partial charge in [-0.3, -0.25) is 4.79 Å². The molecule has 0 aliphatic heterocycles. The first-order chi connectivity index (χ1) is 9.58. The SMILES string of the molecule is COc1ccc(NC(N)=NCC(=O)NC2CC2)cc1Cl.I. The van der Waals surface area contributed by atoms with Crippen molar-refractivity contribution in [2.24, 2.45) is 10.7 Å². The molecule has 0 bridgehead atoms. The van der Waals surface area contributed by atoms with E-state index in [-0.39, 0.29) is 42.4 Å². The van der Waals surface area contributed by atoms with Crippen molar-refractivity contribution in [2.45, 2.75) is 18.9 Å². The maximum atomic E-state index is 11.4. The Hall–Kier alpha value is -1.22. The average molecular weight is 425 g/mol. The average Bonchev–Trinajstić information content (AvgIpc) is 3.20. The summed E-state index contributed by atoms with van der Waals surface area (Å²) in [6, 6.07) is 5.48. The van der Waals surface area contributed by atoms with Crippen molar-refractivity contribution in [3.05, 3.63) is 23.2 Å². The molecule has 4 N–H and O–H groups in total. The number of hydrogen-bond acceptors (Lipinski definition) is 3. The number of aliphatic imine (C=N–C) groups is 1. The Morgan fingerprint density at radius 1 is 1.52 bits per heavy atom. The normalized spacial score (nSPS) is 14.1. The zero-order valence-corrected chi connectivity index (χ0v) is 14.6. The zero-order chi connectivity index (χ0) is 14.5. The largest absolute Gasteiger partial charge is 0.495 e. The predicted molar refractivity (Wildman–Crippen MR) is 94.7 cm³/mol. The molecule has 1 fully saturated rings. The molecule has 0 radical (unpaired) electrons. The van der Waals surface area contributed by atoms with Crippen LogP contribution in [0.4, 0.5) is 5.69 Å². The molecule has 8 heteroatoms. The molecule has 0 saturated heterocycles. The van der Waals surface area contributed by atoms with Gasteiger partial charge in [-0.15, -0.1) is 24.0 Å². The highest BCUT2D eigenvalue weighted by Crippen LogP contribution is 2.27. The fraction of sp³-hybridized carbons (Fsp3) is 0.385. The summed E-state index contributed by atoms with van der Waals surface area (Å²) in [6.07, 6.45) is 2.10. The van der Waals surface area contributed by atoms with E-state index < -0.39 is 0 Å². The number of methoxy groups -OCH3 is 1. The van der Waals surface area contributed by atoms with Gasteiger partial charge in [0.15, 0.2) is 5.96 Å². The molecule has 0 aromatic heterocycles. The van der Waals surface area contributed by atoms with E-state index in [0.717, 1.165) is 12.8 Å². The monoisotopic (exact) mass is 424 g/mol. The minimum Gasteiger partial charge on any atom is -0.495 e. The second kappa shape index (κ2) is 8.28. The van der Waals surface area contributed by atoms with Gasteiger partial charge in [-0.2, -0.15) is 0 Å². The van der Waals surface area contributed by atoms with Crippen molar-refractivity contribution in [1.29, 1.82) is 0 Å². The Bertz CT molecular complexity index is 535. The van der Waals surface area contributed by atoms with Gasteiger partial charge >= 0.3 is 0 Å². The minimum atomic E-state index is -0.120. The molecule has 1 aliphatic carbocycles. The first-order valence-electron chi connectivity index (χ1n) is 6.28. The van der Waals surface area contributed by atoms with Gasteiger partial charge in [0.25, 0.3) is 0 Å². The van der Waals surface area contributed by atoms with Crippen molar-refractivity contribution in [3.63, 3.8) is 0 Å². The van der Waals surface area contributed by atoms with Crippen LogP contribution in [0.3, 0.4) is 0 Å². The van der Waals surface area contributed by atoms with E-state index in [1.54, 1.807) is 25.3 Å². The molecule has 0 atom stereocenters. The van der Waals surface area contributed by atoms with E-state index in [0.29, 0.717) is 22.5 Å². The van der Waals surface area contributed by atoms with Crippen molar-refractivity contribution in [2.75, 3.05) is 19.0 Å². The molecular formula is C13H18ClIN4O2. The number of carbonyl (C=O) groups is 1. The quantitative estimate of drug-likeness (QED) is 0.383. The molecule has 2 rings (SSSR count). The van der Waals surface area contributed by atoms with Gasteiger partial charge in [0.1, 0.15) is 12.3 Å². The van der Waals surface area contributed by atoms with Crippen molar-refractivity contribution in [3.8, 4) is 5.75 Å². The fourth-order valence-electron chi connectivity index (χ4n) is 1.59. The summed E-state index contributed by atoms with van der Waals surface area (Å²) in [5.74, 6) is 0.624. The number of hydrogen-bond donors (Lipinski definition) is 3. The lowest BCUT2D eigenvalue weighted by molar-refractivity contribution is -0.119. The van der Waals surface area contributed by atoms with Gasteiger partial charge in [0, 0.05) is 11.7 Å². The van der Waals surface area contributed by atoms with E-state index in [1.165, 1.54) is 0 Å². The maximum Gasteiger partial charge on any atom is 0.242 e. The molecule has 0 spiro atoms. The van der Waals surface area contributed by atoms with Crippen molar-refractivity contribution in [1.82, 2.24) is 5.32 Å². The van der Waals surface area contributed by atoms with Crippen LogP contribution in [0.15, 0.2) is 23.2 Å². The van der Waals surface area contributed by atoms with E-state index in [4.69, 9.17) is 22.1 Å². The number of nitrogens with zero attached hydrogens (tertiary/aromatic N) is 1. The molecule has 1 saturated carbocycles. The molecule has 1 aromatic carbocycles. The number of benzene rings is 1. The number of halogens is 2. The molecule has 1 amide bonds. The third-order valence-corrected chi connectivity index (χ3v) is 3.06. The summed E-state index contributed by atoms with van der Waals surface area (Å²) in [7, 11) is 1.54. The van der Waals surface area contributed by atoms with Crippen LogP contribution >= 0.6 is 35.6 Å². The van der Waals surface area contributed by atoms with Crippen molar-refractivity contribution >= 4 is 53.1 Å². The van der Waals surface area contributed by atoms with Crippen LogP contribution in [0.2, 0.25) is 5.02 Å². The molecule has 21 heavy (non-hydrogen) atoms. The molecule has 6 nitrogen and oxygen atoms in total. The van der Waals surface area contributed by atoms with Gasteiger partial charge in [0.05, 0.1) is 12.1 Å². The Labute approximate surface area is 145 Å². The number of ether oxygens (including phenoxy) is 1. The smallest absolute Gasteiger partial charge is 0.242 e. The number of rotatable bonds is 5. The van der Waals surface area contributed by atoms with Crippen LogP contribution in [0.1, 0.15) is 12.8 Å². The van der Waals surface area contributed by atoms with Gasteiger partial charge in [-0.05, 0) is 31.0 Å². The number of nitrogens with one attached hydrogen (secondary N) is 2. The second-order valence-electron chi connectivity index (χ2n) is 4.52. The summed E-state index contributed by atoms with van der Waals surface area (Å²) >= 11 is 5.99. The Morgan fingerprint density at radius 3 is 2.81 bits per heavy atom. The minimum absolute atomic E-state index is 0. The Balaban J connectivity index is 0.00000220. The third-order valence-electron chi connectivity index (χ3n) is 2.76. The predicted octanol–water partition coefficient (Wildman–Crippen LogP) is 1.97. The number of carbonyl (C=O) groups excluding carboxylic acids is 1. The highest BCUT2D eigenvalue weighted by molar-refractivity contribution is 14.0. The lowest BCUT2D eigenvalue weighted by Crippen LogP contribution is -2.30. The zero-order valence-electron chi connectivity index (χ0n) is 11.6. The highest BCUT2D eigenvalue weighted by atomic mass is 127. The summed E-state index contributed by atoms with van der Waals surface area (Å²) in [5.41, 5.74) is 6.39. The Morgan fingerprint density at radius 2 is 2.24 bits per heavy atom.